The van der Waals surface area contributed by atoms with Crippen molar-refractivity contribution < 1.29 is 4.79 Å². The quantitative estimate of drug-likeness (QED) is 0.623. The molecule has 138 valence electrons. The fourth-order valence-electron chi connectivity index (χ4n) is 2.51. The summed E-state index contributed by atoms with van der Waals surface area (Å²) in [5.74, 6) is 0.733. The average molecular weight is 381 g/mol. The molecular weight excluding hydrogens is 360 g/mol. The Bertz CT molecular complexity index is 908. The summed E-state index contributed by atoms with van der Waals surface area (Å²) in [5.41, 5.74) is 3.17. The molecule has 3 rings (SSSR count). The second kappa shape index (κ2) is 8.64. The standard InChI is InChI=1S/C21H21ClN4O/c1-14(2)15-7-9-17(10-8-15)26-21(27)19-12-25-20(13-23-19)24-11-16-5-3-4-6-18(16)22/h3-10,12-14H,11H2,1-2H3,(H,24,25)(H,26,27). The van der Waals surface area contributed by atoms with Gasteiger partial charge in [-0.25, -0.2) is 9.97 Å². The number of carbonyl (C=O) groups is 1. The second-order valence-corrected chi connectivity index (χ2v) is 6.87. The molecule has 0 radical (unpaired) electrons. The van der Waals surface area contributed by atoms with E-state index in [1.807, 2.05) is 48.5 Å². The third kappa shape index (κ3) is 5.05. The highest BCUT2D eigenvalue weighted by Crippen LogP contribution is 2.18. The lowest BCUT2D eigenvalue weighted by Gasteiger charge is -2.09. The van der Waals surface area contributed by atoms with Crippen LogP contribution in [0, 0.1) is 0 Å². The van der Waals surface area contributed by atoms with Crippen LogP contribution in [-0.4, -0.2) is 15.9 Å². The number of hydrogen-bond acceptors (Lipinski definition) is 4. The topological polar surface area (TPSA) is 66.9 Å². The first-order chi connectivity index (χ1) is 13.0. The molecule has 0 bridgehead atoms. The SMILES string of the molecule is CC(C)c1ccc(NC(=O)c2cnc(NCc3ccccc3Cl)cn2)cc1. The van der Waals surface area contributed by atoms with E-state index in [0.29, 0.717) is 23.3 Å². The summed E-state index contributed by atoms with van der Waals surface area (Å²) < 4.78 is 0. The van der Waals surface area contributed by atoms with Gasteiger partial charge in [0, 0.05) is 17.3 Å². The maximum Gasteiger partial charge on any atom is 0.275 e. The van der Waals surface area contributed by atoms with Gasteiger partial charge in [0.15, 0.2) is 0 Å². The second-order valence-electron chi connectivity index (χ2n) is 6.46. The first kappa shape index (κ1) is 18.9. The van der Waals surface area contributed by atoms with E-state index >= 15 is 0 Å². The highest BCUT2D eigenvalue weighted by Gasteiger charge is 2.09. The lowest BCUT2D eigenvalue weighted by atomic mass is 10.0. The van der Waals surface area contributed by atoms with Gasteiger partial charge in [0.05, 0.1) is 12.4 Å². The van der Waals surface area contributed by atoms with E-state index in [1.165, 1.54) is 18.0 Å². The molecule has 0 aliphatic rings. The van der Waals surface area contributed by atoms with Gasteiger partial charge in [-0.1, -0.05) is 55.8 Å². The van der Waals surface area contributed by atoms with Gasteiger partial charge in [-0.2, -0.15) is 0 Å². The number of aromatic nitrogens is 2. The Morgan fingerprint density at radius 1 is 1.04 bits per heavy atom. The molecule has 1 amide bonds. The number of carbonyl (C=O) groups excluding carboxylic acids is 1. The Morgan fingerprint density at radius 3 is 2.41 bits per heavy atom. The van der Waals surface area contributed by atoms with Crippen LogP contribution in [0.15, 0.2) is 60.9 Å². The average Bonchev–Trinajstić information content (AvgIpc) is 2.68. The molecule has 0 saturated heterocycles. The minimum Gasteiger partial charge on any atom is -0.365 e. The summed E-state index contributed by atoms with van der Waals surface area (Å²) in [6.07, 6.45) is 2.99. The molecule has 5 nitrogen and oxygen atoms in total. The predicted molar refractivity (Wildman–Crippen MR) is 109 cm³/mol. The number of nitrogens with one attached hydrogen (secondary N) is 2. The van der Waals surface area contributed by atoms with E-state index in [4.69, 9.17) is 11.6 Å². The molecule has 0 atom stereocenters. The summed E-state index contributed by atoms with van der Waals surface area (Å²) in [4.78, 5) is 20.7. The number of hydrogen-bond donors (Lipinski definition) is 2. The zero-order valence-corrected chi connectivity index (χ0v) is 16.0. The van der Waals surface area contributed by atoms with Crippen molar-refractivity contribution in [1.82, 2.24) is 9.97 Å². The maximum absolute atomic E-state index is 12.3. The normalized spacial score (nSPS) is 10.7. The van der Waals surface area contributed by atoms with Gasteiger partial charge in [0.2, 0.25) is 0 Å². The summed E-state index contributed by atoms with van der Waals surface area (Å²) in [6, 6.07) is 15.4. The zero-order valence-electron chi connectivity index (χ0n) is 15.2. The number of halogens is 1. The molecule has 6 heteroatoms. The van der Waals surface area contributed by atoms with Crippen molar-refractivity contribution in [2.75, 3.05) is 10.6 Å². The molecule has 1 heterocycles. The Balaban J connectivity index is 1.59. The molecule has 3 aromatic rings. The summed E-state index contributed by atoms with van der Waals surface area (Å²) in [5, 5.41) is 6.67. The van der Waals surface area contributed by atoms with Crippen LogP contribution in [-0.2, 0) is 6.54 Å². The molecule has 0 spiro atoms. The van der Waals surface area contributed by atoms with Gasteiger partial charge in [-0.3, -0.25) is 4.79 Å². The van der Waals surface area contributed by atoms with Crippen LogP contribution < -0.4 is 10.6 Å². The van der Waals surface area contributed by atoms with Crippen LogP contribution in [0.25, 0.3) is 0 Å². The van der Waals surface area contributed by atoms with Gasteiger partial charge in [0.25, 0.3) is 5.91 Å². The first-order valence-electron chi connectivity index (χ1n) is 8.73. The summed E-state index contributed by atoms with van der Waals surface area (Å²) >= 11 is 6.13. The van der Waals surface area contributed by atoms with E-state index in [-0.39, 0.29) is 11.6 Å². The largest absolute Gasteiger partial charge is 0.365 e. The molecule has 0 aliphatic carbocycles. The van der Waals surface area contributed by atoms with Crippen LogP contribution in [0.1, 0.15) is 41.4 Å². The molecule has 0 fully saturated rings. The molecule has 2 N–H and O–H groups in total. The van der Waals surface area contributed by atoms with Crippen molar-refractivity contribution in [2.45, 2.75) is 26.3 Å². The third-order valence-electron chi connectivity index (χ3n) is 4.14. The van der Waals surface area contributed by atoms with E-state index in [2.05, 4.69) is 34.4 Å². The van der Waals surface area contributed by atoms with Gasteiger partial charge in [-0.05, 0) is 35.2 Å². The van der Waals surface area contributed by atoms with E-state index < -0.39 is 0 Å². The monoisotopic (exact) mass is 380 g/mol. The van der Waals surface area contributed by atoms with Gasteiger partial charge in [-0.15, -0.1) is 0 Å². The Hall–Kier alpha value is -2.92. The van der Waals surface area contributed by atoms with E-state index in [0.717, 1.165) is 11.3 Å². The fraction of sp³-hybridized carbons (Fsp3) is 0.190. The number of amides is 1. The van der Waals surface area contributed by atoms with Gasteiger partial charge in [0.1, 0.15) is 11.5 Å². The predicted octanol–water partition coefficient (Wildman–Crippen LogP) is 5.12. The van der Waals surface area contributed by atoms with Crippen molar-refractivity contribution in [3.8, 4) is 0 Å². The van der Waals surface area contributed by atoms with Gasteiger partial charge < -0.3 is 10.6 Å². The van der Waals surface area contributed by atoms with Crippen molar-refractivity contribution in [1.29, 1.82) is 0 Å². The van der Waals surface area contributed by atoms with Gasteiger partial charge >= 0.3 is 0 Å². The highest BCUT2D eigenvalue weighted by atomic mass is 35.5. The number of anilines is 2. The molecular formula is C21H21ClN4O. The fourth-order valence-corrected chi connectivity index (χ4v) is 2.71. The first-order valence-corrected chi connectivity index (χ1v) is 9.11. The van der Waals surface area contributed by atoms with Crippen LogP contribution in [0.3, 0.4) is 0 Å². The number of benzene rings is 2. The molecule has 27 heavy (non-hydrogen) atoms. The molecule has 0 aliphatic heterocycles. The van der Waals surface area contributed by atoms with Crippen LogP contribution >= 0.6 is 11.6 Å². The molecule has 1 aromatic heterocycles. The van der Waals surface area contributed by atoms with Crippen LogP contribution in [0.5, 0.6) is 0 Å². The van der Waals surface area contributed by atoms with Crippen LogP contribution in [0.4, 0.5) is 11.5 Å². The highest BCUT2D eigenvalue weighted by molar-refractivity contribution is 6.31. The van der Waals surface area contributed by atoms with Crippen LogP contribution in [0.2, 0.25) is 5.02 Å². The lowest BCUT2D eigenvalue weighted by Crippen LogP contribution is -2.14. The minimum atomic E-state index is -0.294. The number of rotatable bonds is 6. The number of nitrogens with zero attached hydrogens (tertiary/aromatic N) is 2. The summed E-state index contributed by atoms with van der Waals surface area (Å²) in [7, 11) is 0. The third-order valence-corrected chi connectivity index (χ3v) is 4.51. The van der Waals surface area contributed by atoms with Crippen molar-refractivity contribution in [3.05, 3.63) is 82.8 Å². The molecule has 2 aromatic carbocycles. The van der Waals surface area contributed by atoms with E-state index in [1.54, 1.807) is 0 Å². The van der Waals surface area contributed by atoms with Crippen molar-refractivity contribution in [3.63, 3.8) is 0 Å². The summed E-state index contributed by atoms with van der Waals surface area (Å²) in [6.45, 7) is 4.79. The molecule has 0 saturated carbocycles. The zero-order chi connectivity index (χ0) is 19.2. The minimum absolute atomic E-state index is 0.256. The Morgan fingerprint density at radius 2 is 1.78 bits per heavy atom. The van der Waals surface area contributed by atoms with E-state index in [9.17, 15) is 4.79 Å². The van der Waals surface area contributed by atoms with Crippen molar-refractivity contribution in [2.24, 2.45) is 0 Å². The maximum atomic E-state index is 12.3. The Labute approximate surface area is 163 Å². The van der Waals surface area contributed by atoms with Crippen molar-refractivity contribution >= 4 is 29.0 Å². The lowest BCUT2D eigenvalue weighted by molar-refractivity contribution is 0.102. The molecule has 0 unspecified atom stereocenters. The Kier molecular flexibility index (Phi) is 6.04. The smallest absolute Gasteiger partial charge is 0.275 e.